The van der Waals surface area contributed by atoms with Gasteiger partial charge >= 0.3 is 39.5 Å². The summed E-state index contributed by atoms with van der Waals surface area (Å²) in [5, 5.41) is 10.7. The van der Waals surface area contributed by atoms with E-state index in [9.17, 15) is 43.2 Å². The number of carbonyl (C=O) groups excluding carboxylic acids is 4. The molecule has 3 N–H and O–H groups in total. The van der Waals surface area contributed by atoms with E-state index in [4.69, 9.17) is 37.0 Å². The summed E-state index contributed by atoms with van der Waals surface area (Å²) in [6.45, 7) is 12.0. The van der Waals surface area contributed by atoms with Gasteiger partial charge in [0, 0.05) is 25.7 Å². The van der Waals surface area contributed by atoms with Crippen molar-refractivity contribution in [2.24, 2.45) is 17.8 Å². The second kappa shape index (κ2) is 73.2. The minimum atomic E-state index is -4.96. The normalized spacial score (nSPS) is 13.9. The van der Waals surface area contributed by atoms with Gasteiger partial charge in [-0.3, -0.25) is 37.3 Å². The fourth-order valence-corrected chi connectivity index (χ4v) is 14.4. The van der Waals surface area contributed by atoms with E-state index in [0.717, 1.165) is 108 Å². The Labute approximate surface area is 626 Å². The predicted octanol–water partition coefficient (Wildman–Crippen LogP) is 24.9. The summed E-state index contributed by atoms with van der Waals surface area (Å²) in [6, 6.07) is 0. The Hall–Kier alpha value is -1.94. The molecular weight excluding hydrogens is 1330 g/mol. The second-order valence-corrected chi connectivity index (χ2v) is 34.2. The van der Waals surface area contributed by atoms with Gasteiger partial charge in [0.2, 0.25) is 0 Å². The van der Waals surface area contributed by atoms with Crippen LogP contribution in [0.15, 0.2) is 0 Å². The lowest BCUT2D eigenvalue weighted by molar-refractivity contribution is -0.161. The molecule has 0 aliphatic carbocycles. The van der Waals surface area contributed by atoms with E-state index in [-0.39, 0.29) is 25.7 Å². The Morgan fingerprint density at radius 3 is 0.667 bits per heavy atom. The Balaban J connectivity index is 5.24. The maximum Gasteiger partial charge on any atom is 0.472 e. The van der Waals surface area contributed by atoms with Crippen molar-refractivity contribution in [3.63, 3.8) is 0 Å². The van der Waals surface area contributed by atoms with Crippen LogP contribution in [0.4, 0.5) is 0 Å². The third-order valence-corrected chi connectivity index (χ3v) is 21.3. The highest BCUT2D eigenvalue weighted by Crippen LogP contribution is 2.45. The molecule has 5 atom stereocenters. The van der Waals surface area contributed by atoms with Gasteiger partial charge in [-0.1, -0.05) is 382 Å². The van der Waals surface area contributed by atoms with Crippen molar-refractivity contribution < 1.29 is 80.2 Å². The minimum absolute atomic E-state index is 0.108. The van der Waals surface area contributed by atoms with Gasteiger partial charge in [-0.15, -0.1) is 0 Å². The molecule has 19 heteroatoms. The Bertz CT molecular complexity index is 1970. The van der Waals surface area contributed by atoms with Crippen molar-refractivity contribution in [3.8, 4) is 0 Å². The summed E-state index contributed by atoms with van der Waals surface area (Å²) in [5.74, 6) is 0.221. The van der Waals surface area contributed by atoms with Gasteiger partial charge in [-0.25, -0.2) is 9.13 Å². The number of unbranched alkanes of at least 4 members (excludes halogenated alkanes) is 49. The molecule has 0 aliphatic heterocycles. The van der Waals surface area contributed by atoms with E-state index in [0.29, 0.717) is 25.7 Å². The number of aliphatic hydroxyl groups excluding tert-OH is 1. The molecule has 0 saturated carbocycles. The molecular formula is C83H162O17P2. The fourth-order valence-electron chi connectivity index (χ4n) is 12.8. The molecule has 2 unspecified atom stereocenters. The van der Waals surface area contributed by atoms with Gasteiger partial charge in [0.05, 0.1) is 26.4 Å². The lowest BCUT2D eigenvalue weighted by Gasteiger charge is -2.21. The Kier molecular flexibility index (Phi) is 71.8. The molecule has 0 aliphatic rings. The molecule has 0 fully saturated rings. The topological polar surface area (TPSA) is 237 Å². The average Bonchev–Trinajstić information content (AvgIpc) is 0.914. The number of phosphoric acid groups is 2. The molecule has 606 valence electrons. The molecule has 0 aromatic rings. The van der Waals surface area contributed by atoms with Crippen molar-refractivity contribution in [3.05, 3.63) is 0 Å². The number of esters is 4. The van der Waals surface area contributed by atoms with Crippen LogP contribution in [0.3, 0.4) is 0 Å². The lowest BCUT2D eigenvalue weighted by Crippen LogP contribution is -2.30. The van der Waals surface area contributed by atoms with Crippen LogP contribution in [0.2, 0.25) is 0 Å². The molecule has 0 aromatic heterocycles. The first kappa shape index (κ1) is 100. The number of phosphoric ester groups is 2. The first-order valence-corrected chi connectivity index (χ1v) is 45.8. The quantitative estimate of drug-likeness (QED) is 0.0222. The second-order valence-electron chi connectivity index (χ2n) is 31.3. The number of carbonyl (C=O) groups is 4. The van der Waals surface area contributed by atoms with Crippen LogP contribution >= 0.6 is 15.6 Å². The smallest absolute Gasteiger partial charge is 0.462 e. The van der Waals surface area contributed by atoms with Crippen molar-refractivity contribution in [1.82, 2.24) is 0 Å². The van der Waals surface area contributed by atoms with Gasteiger partial charge in [0.15, 0.2) is 12.2 Å². The zero-order valence-electron chi connectivity index (χ0n) is 67.1. The summed E-state index contributed by atoms with van der Waals surface area (Å²) in [4.78, 5) is 73.1. The lowest BCUT2D eigenvalue weighted by atomic mass is 10.0. The Morgan fingerprint density at radius 1 is 0.265 bits per heavy atom. The number of rotatable bonds is 81. The molecule has 0 spiro atoms. The van der Waals surface area contributed by atoms with Crippen LogP contribution in [0, 0.1) is 17.8 Å². The highest BCUT2D eigenvalue weighted by Gasteiger charge is 2.30. The zero-order chi connectivity index (χ0) is 75.1. The Morgan fingerprint density at radius 2 is 0.451 bits per heavy atom. The number of hydrogen-bond donors (Lipinski definition) is 3. The van der Waals surface area contributed by atoms with Gasteiger partial charge in [-0.05, 0) is 43.4 Å². The van der Waals surface area contributed by atoms with Crippen LogP contribution < -0.4 is 0 Å². The molecule has 0 saturated heterocycles. The molecule has 0 heterocycles. The fraction of sp³-hybridized carbons (Fsp3) is 0.952. The maximum absolute atomic E-state index is 13.1. The molecule has 0 radical (unpaired) electrons. The summed E-state index contributed by atoms with van der Waals surface area (Å²) in [6.07, 6.45) is 62.5. The molecule has 17 nitrogen and oxygen atoms in total. The van der Waals surface area contributed by atoms with Crippen molar-refractivity contribution in [2.75, 3.05) is 39.6 Å². The van der Waals surface area contributed by atoms with Gasteiger partial charge in [0.1, 0.15) is 19.3 Å². The summed E-state index contributed by atoms with van der Waals surface area (Å²) < 4.78 is 68.8. The maximum atomic E-state index is 13.1. The van der Waals surface area contributed by atoms with Crippen LogP contribution in [0.5, 0.6) is 0 Å². The molecule has 102 heavy (non-hydrogen) atoms. The van der Waals surface area contributed by atoms with E-state index in [2.05, 4.69) is 48.5 Å². The summed E-state index contributed by atoms with van der Waals surface area (Å²) in [5.41, 5.74) is 0. The largest absolute Gasteiger partial charge is 0.472 e. The third-order valence-electron chi connectivity index (χ3n) is 19.4. The van der Waals surface area contributed by atoms with Crippen molar-refractivity contribution >= 4 is 39.5 Å². The predicted molar refractivity (Wildman–Crippen MR) is 418 cm³/mol. The standard InChI is InChI=1S/C83H162O17P2/c1-8-9-10-11-12-13-14-15-20-24-31-36-45-52-59-66-83(88)100-79(71-94-81(86)65-58-51-44-39-38-42-49-56-63-76(6)7)73-98-102(91,92)96-69-77(84)68-95-101(89,90)97-72-78(70-93-80(85)64-57-50-43-35-30-27-26-29-34-41-48-55-62-75(4)5)99-82(87)67-60-53-46-37-32-25-22-19-17-16-18-21-23-28-33-40-47-54-61-74(2)3/h74-79,84H,8-73H2,1-7H3,(H,89,90)(H,91,92)/t77-,78-,79-/m1/s1. The number of ether oxygens (including phenoxy) is 4. The average molecular weight is 1490 g/mol. The van der Waals surface area contributed by atoms with E-state index in [1.807, 2.05) is 0 Å². The van der Waals surface area contributed by atoms with Crippen molar-refractivity contribution in [1.29, 1.82) is 0 Å². The highest BCUT2D eigenvalue weighted by atomic mass is 31.2. The van der Waals surface area contributed by atoms with Crippen LogP contribution in [0.25, 0.3) is 0 Å². The molecule has 0 aromatic carbocycles. The number of hydrogen-bond acceptors (Lipinski definition) is 15. The third kappa shape index (κ3) is 76.3. The summed E-state index contributed by atoms with van der Waals surface area (Å²) in [7, 11) is -9.92. The van der Waals surface area contributed by atoms with E-state index >= 15 is 0 Å². The van der Waals surface area contributed by atoms with E-state index in [1.165, 1.54) is 244 Å². The van der Waals surface area contributed by atoms with Gasteiger partial charge < -0.3 is 33.8 Å². The number of aliphatic hydroxyl groups is 1. The SMILES string of the molecule is CCCCCCCCCCCCCCCCCC(=O)O[C@H](COC(=O)CCCCCCCCCCC(C)C)COP(=O)(O)OC[C@H](O)COP(=O)(O)OC[C@@H](COC(=O)CCCCCCCCCCCCCCC(C)C)OC(=O)CCCCCCCCCCCCCCCCCCCCC(C)C. The van der Waals surface area contributed by atoms with Crippen LogP contribution in [-0.2, 0) is 65.4 Å². The minimum Gasteiger partial charge on any atom is -0.462 e. The monoisotopic (exact) mass is 1490 g/mol. The zero-order valence-corrected chi connectivity index (χ0v) is 68.9. The van der Waals surface area contributed by atoms with Gasteiger partial charge in [-0.2, -0.15) is 0 Å². The first-order valence-electron chi connectivity index (χ1n) is 42.8. The van der Waals surface area contributed by atoms with Gasteiger partial charge in [0.25, 0.3) is 0 Å². The highest BCUT2D eigenvalue weighted by molar-refractivity contribution is 7.47. The van der Waals surface area contributed by atoms with Crippen LogP contribution in [-0.4, -0.2) is 96.7 Å². The van der Waals surface area contributed by atoms with Crippen molar-refractivity contribution in [2.45, 2.75) is 452 Å². The molecule has 0 rings (SSSR count). The molecule has 0 amide bonds. The first-order chi connectivity index (χ1) is 49.2. The van der Waals surface area contributed by atoms with E-state index < -0.39 is 97.5 Å². The van der Waals surface area contributed by atoms with E-state index in [1.54, 1.807) is 0 Å². The molecule has 0 bridgehead atoms. The summed E-state index contributed by atoms with van der Waals surface area (Å²) >= 11 is 0. The van der Waals surface area contributed by atoms with Crippen LogP contribution in [0.1, 0.15) is 434 Å².